The van der Waals surface area contributed by atoms with E-state index in [9.17, 15) is 4.79 Å². The summed E-state index contributed by atoms with van der Waals surface area (Å²) < 4.78 is 16.7. The minimum Gasteiger partial charge on any atom is -0.493 e. The van der Waals surface area contributed by atoms with Gasteiger partial charge in [0.15, 0.2) is 16.6 Å². The van der Waals surface area contributed by atoms with Gasteiger partial charge in [0, 0.05) is 18.2 Å². The molecule has 3 rings (SSSR count). The van der Waals surface area contributed by atoms with E-state index in [1.54, 1.807) is 50.6 Å². The number of hydrogen-bond donors (Lipinski definition) is 2. The lowest BCUT2D eigenvalue weighted by Gasteiger charge is -2.12. The van der Waals surface area contributed by atoms with Gasteiger partial charge in [-0.1, -0.05) is 19.8 Å². The zero-order valence-electron chi connectivity index (χ0n) is 18.3. The van der Waals surface area contributed by atoms with E-state index in [1.807, 2.05) is 0 Å². The monoisotopic (exact) mass is 454 g/mol. The molecule has 0 radical (unpaired) electrons. The van der Waals surface area contributed by atoms with Crippen LogP contribution in [0, 0.1) is 0 Å². The van der Waals surface area contributed by atoms with E-state index in [1.165, 1.54) is 6.33 Å². The summed E-state index contributed by atoms with van der Waals surface area (Å²) in [5.41, 5.74) is 1.40. The molecule has 0 bridgehead atoms. The number of methoxy groups -OCH3 is 2. The normalized spacial score (nSPS) is 10.5. The zero-order valence-corrected chi connectivity index (χ0v) is 19.1. The summed E-state index contributed by atoms with van der Waals surface area (Å²) in [5, 5.41) is 6.65. The van der Waals surface area contributed by atoms with E-state index in [4.69, 9.17) is 26.4 Å². The first-order valence-corrected chi connectivity index (χ1v) is 10.7. The first-order chi connectivity index (χ1) is 15.5. The van der Waals surface area contributed by atoms with Gasteiger partial charge >= 0.3 is 0 Å². The third-order valence-electron chi connectivity index (χ3n) is 4.69. The Morgan fingerprint density at radius 2 is 1.75 bits per heavy atom. The molecule has 1 amide bonds. The second kappa shape index (κ2) is 11.2. The Balaban J connectivity index is 1.66. The molecule has 32 heavy (non-hydrogen) atoms. The number of benzene rings is 2. The Labute approximate surface area is 192 Å². The van der Waals surface area contributed by atoms with Crippen LogP contribution in [-0.2, 0) is 4.79 Å². The van der Waals surface area contributed by atoms with Crippen LogP contribution in [0.4, 0.5) is 5.69 Å². The predicted molar refractivity (Wildman–Crippen MR) is 128 cm³/mol. The van der Waals surface area contributed by atoms with Crippen LogP contribution in [-0.4, -0.2) is 35.2 Å². The van der Waals surface area contributed by atoms with Crippen LogP contribution < -0.4 is 24.8 Å². The fourth-order valence-electron chi connectivity index (χ4n) is 3.05. The highest BCUT2D eigenvalue weighted by Gasteiger charge is 2.12. The summed E-state index contributed by atoms with van der Waals surface area (Å²) >= 11 is 5.21. The highest BCUT2D eigenvalue weighted by molar-refractivity contribution is 7.80. The average Bonchev–Trinajstić information content (AvgIpc) is 2.79. The van der Waals surface area contributed by atoms with E-state index < -0.39 is 0 Å². The van der Waals surface area contributed by atoms with Crippen LogP contribution in [0.1, 0.15) is 32.6 Å². The van der Waals surface area contributed by atoms with Crippen molar-refractivity contribution in [3.8, 4) is 23.1 Å². The van der Waals surface area contributed by atoms with E-state index in [2.05, 4.69) is 27.5 Å². The van der Waals surface area contributed by atoms with Gasteiger partial charge in [-0.25, -0.2) is 9.97 Å². The van der Waals surface area contributed by atoms with Crippen LogP contribution >= 0.6 is 12.2 Å². The number of nitrogens with one attached hydrogen (secondary N) is 2. The first kappa shape index (κ1) is 23.2. The van der Waals surface area contributed by atoms with Gasteiger partial charge < -0.3 is 24.8 Å². The lowest BCUT2D eigenvalue weighted by atomic mass is 10.2. The number of anilines is 1. The van der Waals surface area contributed by atoms with Crippen molar-refractivity contribution < 1.29 is 19.0 Å². The lowest BCUT2D eigenvalue weighted by Crippen LogP contribution is -2.33. The van der Waals surface area contributed by atoms with Crippen LogP contribution in [0.2, 0.25) is 0 Å². The number of hydrogen-bond acceptors (Lipinski definition) is 7. The van der Waals surface area contributed by atoms with Gasteiger partial charge in [0.25, 0.3) is 0 Å². The minimum atomic E-state index is -0.0846. The summed E-state index contributed by atoms with van der Waals surface area (Å²) in [6, 6.07) is 10.7. The number of ether oxygens (including phenoxy) is 3. The molecule has 0 aliphatic heterocycles. The number of nitrogens with zero attached hydrogens (tertiary/aromatic N) is 2. The van der Waals surface area contributed by atoms with Crippen LogP contribution in [0.3, 0.4) is 0 Å². The highest BCUT2D eigenvalue weighted by atomic mass is 32.1. The number of aromatic nitrogens is 2. The van der Waals surface area contributed by atoms with Gasteiger partial charge in [-0.15, -0.1) is 0 Å². The second-order valence-corrected chi connectivity index (χ2v) is 7.40. The number of fused-ring (bicyclic) bond motifs is 1. The smallest absolute Gasteiger partial charge is 0.230 e. The van der Waals surface area contributed by atoms with Crippen LogP contribution in [0.25, 0.3) is 10.9 Å². The second-order valence-electron chi connectivity index (χ2n) is 6.99. The fourth-order valence-corrected chi connectivity index (χ4v) is 3.28. The third kappa shape index (κ3) is 6.04. The van der Waals surface area contributed by atoms with Gasteiger partial charge in [0.05, 0.1) is 25.1 Å². The Morgan fingerprint density at radius 3 is 2.44 bits per heavy atom. The molecule has 0 saturated carbocycles. The van der Waals surface area contributed by atoms with Crippen molar-refractivity contribution in [1.82, 2.24) is 15.3 Å². The molecule has 2 aromatic carbocycles. The van der Waals surface area contributed by atoms with Crippen molar-refractivity contribution in [2.24, 2.45) is 0 Å². The maximum atomic E-state index is 11.9. The molecular weight excluding hydrogens is 428 g/mol. The Hall–Kier alpha value is -3.46. The molecule has 0 atom stereocenters. The third-order valence-corrected chi connectivity index (χ3v) is 4.90. The molecule has 8 nitrogen and oxygen atoms in total. The van der Waals surface area contributed by atoms with Gasteiger partial charge in [0.2, 0.25) is 11.8 Å². The number of unbranched alkanes of at least 4 members (excludes halogenated alkanes) is 2. The van der Waals surface area contributed by atoms with Gasteiger partial charge in [0.1, 0.15) is 12.1 Å². The van der Waals surface area contributed by atoms with Gasteiger partial charge in [-0.05, 0) is 49.0 Å². The predicted octanol–water partition coefficient (Wildman–Crippen LogP) is 4.83. The lowest BCUT2D eigenvalue weighted by molar-refractivity contribution is -0.119. The minimum absolute atomic E-state index is 0.0846. The summed E-state index contributed by atoms with van der Waals surface area (Å²) in [5.74, 6) is 2.03. The first-order valence-electron chi connectivity index (χ1n) is 10.3. The van der Waals surface area contributed by atoms with E-state index >= 15 is 0 Å². The summed E-state index contributed by atoms with van der Waals surface area (Å²) in [6.45, 7) is 2.10. The van der Waals surface area contributed by atoms with E-state index in [0.29, 0.717) is 40.5 Å². The van der Waals surface area contributed by atoms with E-state index in [-0.39, 0.29) is 11.0 Å². The SMILES string of the molecule is CCCCCC(=O)NC(=S)Nc1ccc(Oc2ncnc3cc(OC)c(OC)cc23)cc1. The number of amides is 1. The molecule has 0 unspecified atom stereocenters. The van der Waals surface area contributed by atoms with E-state index in [0.717, 1.165) is 24.9 Å². The number of thiocarbonyl (C=S) groups is 1. The molecule has 2 N–H and O–H groups in total. The van der Waals surface area contributed by atoms with Crippen LogP contribution in [0.15, 0.2) is 42.7 Å². The standard InChI is InChI=1S/C23H26N4O4S/c1-4-5-6-7-21(28)27-23(32)26-15-8-10-16(11-9-15)31-22-17-12-19(29-2)20(30-3)13-18(17)24-14-25-22/h8-14H,4-7H2,1-3H3,(H2,26,27,28,32). The average molecular weight is 455 g/mol. The molecule has 1 heterocycles. The Morgan fingerprint density at radius 1 is 1.03 bits per heavy atom. The summed E-state index contributed by atoms with van der Waals surface area (Å²) in [7, 11) is 3.14. The molecule has 0 aliphatic carbocycles. The number of rotatable bonds is 9. The fraction of sp³-hybridized carbons (Fsp3) is 0.304. The molecule has 1 aromatic heterocycles. The molecule has 168 valence electrons. The Kier molecular flexibility index (Phi) is 8.15. The van der Waals surface area contributed by atoms with Crippen LogP contribution in [0.5, 0.6) is 23.1 Å². The highest BCUT2D eigenvalue weighted by Crippen LogP contribution is 2.35. The molecule has 9 heteroatoms. The number of carbonyl (C=O) groups is 1. The maximum Gasteiger partial charge on any atom is 0.230 e. The van der Waals surface area contributed by atoms with Crippen molar-refractivity contribution in [2.45, 2.75) is 32.6 Å². The van der Waals surface area contributed by atoms with Gasteiger partial charge in [-0.2, -0.15) is 0 Å². The maximum absolute atomic E-state index is 11.9. The van der Waals surface area contributed by atoms with Crippen molar-refractivity contribution in [3.05, 3.63) is 42.7 Å². The number of carbonyl (C=O) groups excluding carboxylic acids is 1. The quantitative estimate of drug-likeness (QED) is 0.351. The zero-order chi connectivity index (χ0) is 22.9. The molecule has 0 fully saturated rings. The van der Waals surface area contributed by atoms with Crippen molar-refractivity contribution in [2.75, 3.05) is 19.5 Å². The molecule has 3 aromatic rings. The summed E-state index contributed by atoms with van der Waals surface area (Å²) in [6.07, 6.45) is 4.84. The topological polar surface area (TPSA) is 94.6 Å². The molecule has 0 saturated heterocycles. The van der Waals surface area contributed by atoms with Crippen molar-refractivity contribution in [3.63, 3.8) is 0 Å². The molecule has 0 aliphatic rings. The molecular formula is C23H26N4O4S. The Bertz CT molecular complexity index is 1090. The largest absolute Gasteiger partial charge is 0.493 e. The molecule has 0 spiro atoms. The summed E-state index contributed by atoms with van der Waals surface area (Å²) in [4.78, 5) is 20.4. The van der Waals surface area contributed by atoms with Crippen molar-refractivity contribution >= 4 is 39.8 Å². The van der Waals surface area contributed by atoms with Crippen molar-refractivity contribution in [1.29, 1.82) is 0 Å². The van der Waals surface area contributed by atoms with Gasteiger partial charge in [-0.3, -0.25) is 4.79 Å².